The number of esters is 1. The summed E-state index contributed by atoms with van der Waals surface area (Å²) in [4.78, 5) is 53.7. The number of carbonyl (C=O) groups is 4. The van der Waals surface area contributed by atoms with Crippen molar-refractivity contribution in [3.63, 3.8) is 0 Å². The number of rotatable bonds is 6. The first kappa shape index (κ1) is 21.0. The number of anilines is 1. The second kappa shape index (κ2) is 7.76. The molecule has 0 unspecified atom stereocenters. The summed E-state index contributed by atoms with van der Waals surface area (Å²) in [7, 11) is 0. The molecule has 6 heteroatoms. The molecule has 172 valence electrons. The zero-order valence-electron chi connectivity index (χ0n) is 18.8. The van der Waals surface area contributed by atoms with Gasteiger partial charge >= 0.3 is 5.97 Å². The highest BCUT2D eigenvalue weighted by atomic mass is 16.5. The van der Waals surface area contributed by atoms with Crippen molar-refractivity contribution in [2.24, 2.45) is 35.5 Å². The molecule has 1 aliphatic heterocycles. The summed E-state index contributed by atoms with van der Waals surface area (Å²) >= 11 is 0. The zero-order valence-corrected chi connectivity index (χ0v) is 18.8. The predicted molar refractivity (Wildman–Crippen MR) is 124 cm³/mol. The zero-order chi connectivity index (χ0) is 23.6. The maximum absolute atomic E-state index is 13.4. The number of carbonyl (C=O) groups excluding carboxylic acids is 4. The summed E-state index contributed by atoms with van der Waals surface area (Å²) in [5.74, 6) is -0.505. The molecule has 2 aromatic rings. The second-order valence-electron chi connectivity index (χ2n) is 9.75. The Morgan fingerprint density at radius 3 is 2.15 bits per heavy atom. The van der Waals surface area contributed by atoms with Gasteiger partial charge in [-0.25, -0.2) is 9.69 Å². The van der Waals surface area contributed by atoms with Gasteiger partial charge in [0.2, 0.25) is 17.6 Å². The molecule has 6 nitrogen and oxygen atoms in total. The van der Waals surface area contributed by atoms with E-state index in [0.29, 0.717) is 29.5 Å². The van der Waals surface area contributed by atoms with Gasteiger partial charge in [0.1, 0.15) is 0 Å². The van der Waals surface area contributed by atoms with Gasteiger partial charge in [0, 0.05) is 5.56 Å². The minimum atomic E-state index is -0.912. The van der Waals surface area contributed by atoms with Gasteiger partial charge in [-0.15, -0.1) is 0 Å². The monoisotopic (exact) mass is 455 g/mol. The highest BCUT2D eigenvalue weighted by molar-refractivity contribution is 6.23. The largest absolute Gasteiger partial charge is 0.450 e. The molecule has 7 atom stereocenters. The Morgan fingerprint density at radius 2 is 1.53 bits per heavy atom. The third-order valence-electron chi connectivity index (χ3n) is 7.97. The molecule has 1 saturated heterocycles. The number of imide groups is 1. The molecule has 0 radical (unpaired) electrons. The van der Waals surface area contributed by atoms with Crippen LogP contribution in [0.5, 0.6) is 0 Å². The van der Waals surface area contributed by atoms with Crippen LogP contribution in [-0.2, 0) is 14.3 Å². The molecule has 1 heterocycles. The van der Waals surface area contributed by atoms with E-state index in [-0.39, 0.29) is 46.8 Å². The summed E-state index contributed by atoms with van der Waals surface area (Å²) in [6, 6.07) is 15.1. The topological polar surface area (TPSA) is 80.8 Å². The first-order valence-electron chi connectivity index (χ1n) is 12.0. The molecule has 0 N–H and O–H groups in total. The number of Topliss-reactive ketones (excluding diaryl/α,β-unsaturated/α-hetero) is 1. The number of allylic oxidation sites excluding steroid dienone is 2. The van der Waals surface area contributed by atoms with Crippen LogP contribution in [0.25, 0.3) is 0 Å². The van der Waals surface area contributed by atoms with E-state index in [1.54, 1.807) is 49.4 Å². The first-order valence-corrected chi connectivity index (χ1v) is 12.0. The minimum Gasteiger partial charge on any atom is -0.450 e. The minimum absolute atomic E-state index is 0.143. The lowest BCUT2D eigenvalue weighted by Crippen LogP contribution is -2.40. The van der Waals surface area contributed by atoms with Gasteiger partial charge in [-0.2, -0.15) is 0 Å². The molecular formula is C28H25NO5. The quantitative estimate of drug-likeness (QED) is 0.284. The highest BCUT2D eigenvalue weighted by Gasteiger charge is 2.67. The molecule has 2 saturated carbocycles. The Kier molecular flexibility index (Phi) is 4.80. The fourth-order valence-corrected chi connectivity index (χ4v) is 6.29. The van der Waals surface area contributed by atoms with Gasteiger partial charge in [-0.05, 0) is 54.7 Å². The second-order valence-corrected chi connectivity index (χ2v) is 9.75. The average Bonchev–Trinajstić information content (AvgIpc) is 3.65. The molecule has 2 bridgehead atoms. The molecule has 7 rings (SSSR count). The van der Waals surface area contributed by atoms with Crippen molar-refractivity contribution >= 4 is 29.3 Å². The summed E-state index contributed by atoms with van der Waals surface area (Å²) in [5, 5.41) is 0. The Labute approximate surface area is 197 Å². The Morgan fingerprint density at radius 1 is 0.912 bits per heavy atom. The number of ketones is 1. The number of amides is 2. The Balaban J connectivity index is 1.23. The van der Waals surface area contributed by atoms with Crippen LogP contribution in [-0.4, -0.2) is 29.7 Å². The fourth-order valence-electron chi connectivity index (χ4n) is 6.29. The number of hydrogen-bond acceptors (Lipinski definition) is 5. The highest BCUT2D eigenvalue weighted by Crippen LogP contribution is 2.65. The van der Waals surface area contributed by atoms with E-state index in [9.17, 15) is 19.2 Å². The maximum atomic E-state index is 13.4. The van der Waals surface area contributed by atoms with E-state index in [4.69, 9.17) is 4.74 Å². The van der Waals surface area contributed by atoms with E-state index in [1.165, 1.54) is 11.0 Å². The van der Waals surface area contributed by atoms with Crippen LogP contribution in [0.1, 0.15) is 40.5 Å². The lowest BCUT2D eigenvalue weighted by Gasteiger charge is -2.37. The molecule has 34 heavy (non-hydrogen) atoms. The molecule has 3 fully saturated rings. The van der Waals surface area contributed by atoms with Crippen molar-refractivity contribution in [1.82, 2.24) is 0 Å². The van der Waals surface area contributed by atoms with E-state index in [2.05, 4.69) is 12.2 Å². The van der Waals surface area contributed by atoms with Gasteiger partial charge in [-0.3, -0.25) is 14.4 Å². The summed E-state index contributed by atoms with van der Waals surface area (Å²) in [6.45, 7) is 1.78. The van der Waals surface area contributed by atoms with Gasteiger partial charge in [0.15, 0.2) is 6.10 Å². The van der Waals surface area contributed by atoms with Gasteiger partial charge in [-0.1, -0.05) is 55.5 Å². The standard InChI is InChI=1S/C28H25NO5/c1-2-22(25(30)15-7-4-3-5-8-15)34-28(33)16-9-6-10-17(13-16)29-26(31)23-18-11-12-19(21-14-20(18)21)24(23)27(29)32/h3-13,18-24H,2,14H2,1H3/t18-,19-,20-,21+,22-,23-,24+/m0/s1. The lowest BCUT2D eigenvalue weighted by atomic mass is 9.63. The van der Waals surface area contributed by atoms with Crippen molar-refractivity contribution in [2.75, 3.05) is 4.90 Å². The Bertz CT molecular complexity index is 1200. The van der Waals surface area contributed by atoms with Crippen LogP contribution in [0.3, 0.4) is 0 Å². The van der Waals surface area contributed by atoms with Crippen molar-refractivity contribution in [3.05, 3.63) is 77.9 Å². The number of ether oxygens (including phenoxy) is 1. The third kappa shape index (κ3) is 3.08. The van der Waals surface area contributed by atoms with Crippen LogP contribution >= 0.6 is 0 Å². The molecule has 0 spiro atoms. The smallest absolute Gasteiger partial charge is 0.338 e. The van der Waals surface area contributed by atoms with E-state index >= 15 is 0 Å². The van der Waals surface area contributed by atoms with E-state index in [1.807, 2.05) is 6.07 Å². The van der Waals surface area contributed by atoms with Crippen LogP contribution in [0.2, 0.25) is 0 Å². The predicted octanol–water partition coefficient (Wildman–Crippen LogP) is 4.06. The molecule has 2 amide bonds. The number of benzene rings is 2. The lowest BCUT2D eigenvalue weighted by molar-refractivity contribution is -0.124. The SMILES string of the molecule is CC[C@H](OC(=O)c1cccc(N2C(=O)[C@@H]3[C@H]4C=C[C@@H]([C@@H]5C[C@H]45)[C@@H]3C2=O)c1)C(=O)c1ccccc1. The van der Waals surface area contributed by atoms with Crippen molar-refractivity contribution in [1.29, 1.82) is 0 Å². The number of hydrogen-bond donors (Lipinski definition) is 0. The summed E-state index contributed by atoms with van der Waals surface area (Å²) in [6.07, 6.45) is 4.81. The third-order valence-corrected chi connectivity index (χ3v) is 7.97. The normalized spacial score (nSPS) is 31.1. The Hall–Kier alpha value is -3.54. The van der Waals surface area contributed by atoms with Crippen LogP contribution in [0.15, 0.2) is 66.7 Å². The van der Waals surface area contributed by atoms with Crippen LogP contribution in [0.4, 0.5) is 5.69 Å². The maximum Gasteiger partial charge on any atom is 0.338 e. The van der Waals surface area contributed by atoms with Crippen LogP contribution in [0, 0.1) is 35.5 Å². The average molecular weight is 456 g/mol. The van der Waals surface area contributed by atoms with Crippen molar-refractivity contribution in [2.45, 2.75) is 25.9 Å². The van der Waals surface area contributed by atoms with Gasteiger partial charge < -0.3 is 4.74 Å². The van der Waals surface area contributed by atoms with E-state index < -0.39 is 12.1 Å². The van der Waals surface area contributed by atoms with Crippen molar-refractivity contribution in [3.8, 4) is 0 Å². The summed E-state index contributed by atoms with van der Waals surface area (Å²) < 4.78 is 5.54. The molecule has 0 aromatic heterocycles. The fraction of sp³-hybridized carbons (Fsp3) is 0.357. The van der Waals surface area contributed by atoms with Gasteiger partial charge in [0.25, 0.3) is 0 Å². The molecular weight excluding hydrogens is 430 g/mol. The van der Waals surface area contributed by atoms with Crippen molar-refractivity contribution < 1.29 is 23.9 Å². The molecule has 2 aromatic carbocycles. The van der Waals surface area contributed by atoms with E-state index in [0.717, 1.165) is 6.42 Å². The summed E-state index contributed by atoms with van der Waals surface area (Å²) in [5.41, 5.74) is 1.07. The molecule has 5 aliphatic rings. The van der Waals surface area contributed by atoms with Crippen LogP contribution < -0.4 is 4.90 Å². The van der Waals surface area contributed by atoms with Gasteiger partial charge in [0.05, 0.1) is 23.1 Å². The number of nitrogens with zero attached hydrogens (tertiary/aromatic N) is 1. The molecule has 4 aliphatic carbocycles. The first-order chi connectivity index (χ1) is 16.5.